The fraction of sp³-hybridized carbons (Fsp3) is 0.440. The Morgan fingerprint density at radius 2 is 1.83 bits per heavy atom. The SMILES string of the molecule is COc1cccc(CN(C(=O)CN(c2ccc(Cl)cc2Cl)S(C)(=O)=O)[C@@H](C)C(=O)NC2CCCC2)c1. The van der Waals surface area contributed by atoms with Crippen LogP contribution in [0.3, 0.4) is 0 Å². The summed E-state index contributed by atoms with van der Waals surface area (Å²) in [6, 6.07) is 10.7. The third kappa shape index (κ3) is 7.27. The first kappa shape index (κ1) is 28.1. The standard InChI is InChI=1S/C25H31Cl2N3O5S/c1-17(25(32)28-20-8-4-5-9-20)29(15-18-7-6-10-21(13-18)35-2)24(31)16-30(36(3,33)34)23-12-11-19(26)14-22(23)27/h6-7,10-14,17,20H,4-5,8-9,15-16H2,1-3H3,(H,28,32)/t17-/m0/s1. The number of carbonyl (C=O) groups excluding carboxylic acids is 2. The molecular formula is C25H31Cl2N3O5S. The molecule has 3 rings (SSSR count). The Bertz CT molecular complexity index is 1200. The number of nitrogens with one attached hydrogen (secondary N) is 1. The number of amides is 2. The van der Waals surface area contributed by atoms with Gasteiger partial charge in [0.05, 0.1) is 24.1 Å². The lowest BCUT2D eigenvalue weighted by Gasteiger charge is -2.32. The van der Waals surface area contributed by atoms with E-state index in [2.05, 4.69) is 5.32 Å². The second-order valence-electron chi connectivity index (χ2n) is 8.90. The van der Waals surface area contributed by atoms with Gasteiger partial charge in [0, 0.05) is 17.6 Å². The second-order valence-corrected chi connectivity index (χ2v) is 11.7. The van der Waals surface area contributed by atoms with Gasteiger partial charge in [-0.2, -0.15) is 0 Å². The Labute approximate surface area is 222 Å². The van der Waals surface area contributed by atoms with Crippen LogP contribution in [0.2, 0.25) is 10.0 Å². The van der Waals surface area contributed by atoms with Crippen molar-refractivity contribution < 1.29 is 22.7 Å². The zero-order valence-corrected chi connectivity index (χ0v) is 22.9. The summed E-state index contributed by atoms with van der Waals surface area (Å²) in [5, 5.41) is 3.45. The van der Waals surface area contributed by atoms with Crippen LogP contribution < -0.4 is 14.4 Å². The molecule has 0 aromatic heterocycles. The van der Waals surface area contributed by atoms with E-state index in [4.69, 9.17) is 27.9 Å². The predicted molar refractivity (Wildman–Crippen MR) is 142 cm³/mol. The molecule has 1 fully saturated rings. The number of hydrogen-bond acceptors (Lipinski definition) is 5. The first-order chi connectivity index (χ1) is 17.0. The molecule has 0 spiro atoms. The molecule has 2 aromatic carbocycles. The van der Waals surface area contributed by atoms with Crippen molar-refractivity contribution in [2.45, 2.75) is 51.2 Å². The number of anilines is 1. The summed E-state index contributed by atoms with van der Waals surface area (Å²) in [7, 11) is -2.35. The van der Waals surface area contributed by atoms with Crippen LogP contribution in [0.15, 0.2) is 42.5 Å². The van der Waals surface area contributed by atoms with Crippen molar-refractivity contribution in [3.8, 4) is 5.75 Å². The van der Waals surface area contributed by atoms with Crippen LogP contribution in [0.1, 0.15) is 38.2 Å². The van der Waals surface area contributed by atoms with E-state index in [-0.39, 0.29) is 29.2 Å². The molecule has 0 aliphatic heterocycles. The van der Waals surface area contributed by atoms with Crippen molar-refractivity contribution in [1.29, 1.82) is 0 Å². The number of rotatable bonds is 10. The summed E-state index contributed by atoms with van der Waals surface area (Å²) in [6.07, 6.45) is 4.90. The molecule has 2 aromatic rings. The lowest BCUT2D eigenvalue weighted by molar-refractivity contribution is -0.139. The quantitative estimate of drug-likeness (QED) is 0.472. The Hall–Kier alpha value is -2.49. The number of benzene rings is 2. The molecule has 1 aliphatic carbocycles. The summed E-state index contributed by atoms with van der Waals surface area (Å²) in [4.78, 5) is 28.1. The number of carbonyl (C=O) groups is 2. The molecule has 1 aliphatic rings. The van der Waals surface area contributed by atoms with Crippen LogP contribution in [-0.4, -0.2) is 57.1 Å². The van der Waals surface area contributed by atoms with Gasteiger partial charge in [0.25, 0.3) is 0 Å². The predicted octanol–water partition coefficient (Wildman–Crippen LogP) is 4.24. The molecule has 0 heterocycles. The van der Waals surface area contributed by atoms with Crippen LogP contribution in [-0.2, 0) is 26.2 Å². The highest BCUT2D eigenvalue weighted by molar-refractivity contribution is 7.92. The Kier molecular flexibility index (Phi) is 9.49. The molecule has 2 amide bonds. The normalized spacial score (nSPS) is 14.8. The highest BCUT2D eigenvalue weighted by Crippen LogP contribution is 2.30. The Balaban J connectivity index is 1.91. The van der Waals surface area contributed by atoms with Gasteiger partial charge in [-0.3, -0.25) is 13.9 Å². The van der Waals surface area contributed by atoms with Crippen molar-refractivity contribution in [2.75, 3.05) is 24.2 Å². The Morgan fingerprint density at radius 3 is 2.44 bits per heavy atom. The molecule has 8 nitrogen and oxygen atoms in total. The fourth-order valence-electron chi connectivity index (χ4n) is 4.22. The number of halogens is 2. The maximum atomic E-state index is 13.6. The lowest BCUT2D eigenvalue weighted by atomic mass is 10.1. The molecule has 0 bridgehead atoms. The summed E-state index contributed by atoms with van der Waals surface area (Å²) in [5.41, 5.74) is 0.861. The van der Waals surface area contributed by atoms with Gasteiger partial charge in [-0.05, 0) is 55.7 Å². The van der Waals surface area contributed by atoms with E-state index < -0.39 is 28.5 Å². The van der Waals surface area contributed by atoms with Crippen LogP contribution in [0.4, 0.5) is 5.69 Å². The van der Waals surface area contributed by atoms with Gasteiger partial charge in [-0.15, -0.1) is 0 Å². The number of nitrogens with zero attached hydrogens (tertiary/aromatic N) is 2. The third-order valence-corrected chi connectivity index (χ3v) is 7.88. The molecule has 0 saturated heterocycles. The second kappa shape index (κ2) is 12.2. The summed E-state index contributed by atoms with van der Waals surface area (Å²) < 4.78 is 31.6. The van der Waals surface area contributed by atoms with Crippen molar-refractivity contribution in [3.05, 3.63) is 58.1 Å². The van der Waals surface area contributed by atoms with E-state index >= 15 is 0 Å². The number of sulfonamides is 1. The average Bonchev–Trinajstić information content (AvgIpc) is 3.33. The van der Waals surface area contributed by atoms with E-state index in [0.29, 0.717) is 10.8 Å². The molecule has 1 N–H and O–H groups in total. The van der Waals surface area contributed by atoms with E-state index in [0.717, 1.165) is 41.8 Å². The molecule has 196 valence electrons. The summed E-state index contributed by atoms with van der Waals surface area (Å²) in [5.74, 6) is -0.231. The smallest absolute Gasteiger partial charge is 0.244 e. The molecule has 1 saturated carbocycles. The highest BCUT2D eigenvalue weighted by Gasteiger charge is 2.32. The molecule has 0 unspecified atom stereocenters. The van der Waals surface area contributed by atoms with Gasteiger partial charge in [-0.1, -0.05) is 48.2 Å². The molecule has 0 radical (unpaired) electrons. The zero-order valence-electron chi connectivity index (χ0n) is 20.5. The minimum Gasteiger partial charge on any atom is -0.497 e. The maximum absolute atomic E-state index is 13.6. The van der Waals surface area contributed by atoms with Gasteiger partial charge in [0.1, 0.15) is 18.3 Å². The van der Waals surface area contributed by atoms with Crippen LogP contribution in [0, 0.1) is 0 Å². The van der Waals surface area contributed by atoms with Gasteiger partial charge < -0.3 is 15.0 Å². The number of methoxy groups -OCH3 is 1. The maximum Gasteiger partial charge on any atom is 0.244 e. The largest absolute Gasteiger partial charge is 0.497 e. The first-order valence-corrected chi connectivity index (χ1v) is 14.3. The molecular weight excluding hydrogens is 525 g/mol. The van der Waals surface area contributed by atoms with Gasteiger partial charge >= 0.3 is 0 Å². The van der Waals surface area contributed by atoms with Crippen LogP contribution in [0.25, 0.3) is 0 Å². The Morgan fingerprint density at radius 1 is 1.14 bits per heavy atom. The van der Waals surface area contributed by atoms with Gasteiger partial charge in [0.15, 0.2) is 0 Å². The van der Waals surface area contributed by atoms with E-state index in [1.54, 1.807) is 32.2 Å². The summed E-state index contributed by atoms with van der Waals surface area (Å²) in [6.45, 7) is 1.19. The minimum absolute atomic E-state index is 0.0779. The van der Waals surface area contributed by atoms with Crippen molar-refractivity contribution >= 4 is 50.7 Å². The van der Waals surface area contributed by atoms with Crippen LogP contribution >= 0.6 is 23.2 Å². The van der Waals surface area contributed by atoms with Crippen molar-refractivity contribution in [2.24, 2.45) is 0 Å². The van der Waals surface area contributed by atoms with E-state index in [1.807, 2.05) is 6.07 Å². The van der Waals surface area contributed by atoms with Gasteiger partial charge in [-0.25, -0.2) is 8.42 Å². The lowest BCUT2D eigenvalue weighted by Crippen LogP contribution is -2.52. The average molecular weight is 557 g/mol. The monoisotopic (exact) mass is 555 g/mol. The number of ether oxygens (including phenoxy) is 1. The highest BCUT2D eigenvalue weighted by atomic mass is 35.5. The van der Waals surface area contributed by atoms with Crippen molar-refractivity contribution in [3.63, 3.8) is 0 Å². The minimum atomic E-state index is -3.89. The van der Waals surface area contributed by atoms with Crippen molar-refractivity contribution in [1.82, 2.24) is 10.2 Å². The molecule has 36 heavy (non-hydrogen) atoms. The zero-order chi connectivity index (χ0) is 26.5. The van der Waals surface area contributed by atoms with Gasteiger partial charge in [0.2, 0.25) is 21.8 Å². The third-order valence-electron chi connectivity index (χ3n) is 6.21. The molecule has 11 heteroatoms. The molecule has 1 atom stereocenters. The fourth-order valence-corrected chi connectivity index (χ4v) is 5.64. The van der Waals surface area contributed by atoms with E-state index in [9.17, 15) is 18.0 Å². The first-order valence-electron chi connectivity index (χ1n) is 11.6. The topological polar surface area (TPSA) is 96.0 Å². The van der Waals surface area contributed by atoms with Crippen LogP contribution in [0.5, 0.6) is 5.75 Å². The summed E-state index contributed by atoms with van der Waals surface area (Å²) >= 11 is 12.2. The number of hydrogen-bond donors (Lipinski definition) is 1. The van der Waals surface area contributed by atoms with E-state index in [1.165, 1.54) is 23.1 Å².